The first-order valence-electron chi connectivity index (χ1n) is 12.2. The fourth-order valence-corrected chi connectivity index (χ4v) is 5.03. The number of urea groups is 1. The van der Waals surface area contributed by atoms with E-state index < -0.39 is 16.1 Å². The van der Waals surface area contributed by atoms with Crippen molar-refractivity contribution < 1.29 is 13.2 Å². The first-order valence-corrected chi connectivity index (χ1v) is 13.7. The topological polar surface area (TPSA) is 93.1 Å². The highest BCUT2D eigenvalue weighted by Crippen LogP contribution is 2.24. The Bertz CT molecular complexity index is 1460. The van der Waals surface area contributed by atoms with Gasteiger partial charge in [0.25, 0.3) is 10.0 Å². The number of fused-ring (bicyclic) bond motifs is 1. The maximum Gasteiger partial charge on any atom is 0.328 e. The number of nitrogens with zero attached hydrogens (tertiary/aromatic N) is 2. The normalized spacial score (nSPS) is 11.5. The van der Waals surface area contributed by atoms with Gasteiger partial charge in [-0.25, -0.2) is 22.9 Å². The molecule has 0 saturated heterocycles. The highest BCUT2D eigenvalue weighted by molar-refractivity contribution is 7.90. The molecule has 0 aliphatic heterocycles. The molecule has 0 atom stereocenters. The highest BCUT2D eigenvalue weighted by atomic mass is 32.2. The number of carbonyl (C=O) groups excluding carboxylic acids is 1. The van der Waals surface area contributed by atoms with E-state index in [0.717, 1.165) is 52.9 Å². The van der Waals surface area contributed by atoms with Crippen LogP contribution >= 0.6 is 0 Å². The second kappa shape index (κ2) is 11.0. The zero-order valence-corrected chi connectivity index (χ0v) is 21.7. The van der Waals surface area contributed by atoms with E-state index >= 15 is 0 Å². The van der Waals surface area contributed by atoms with Gasteiger partial charge in [0.05, 0.1) is 15.9 Å². The Morgan fingerprint density at radius 2 is 1.61 bits per heavy atom. The summed E-state index contributed by atoms with van der Waals surface area (Å²) in [5.74, 6) is 1.05. The number of hydrogen-bond acceptors (Lipinski definition) is 4. The summed E-state index contributed by atoms with van der Waals surface area (Å²) < 4.78 is 29.0. The summed E-state index contributed by atoms with van der Waals surface area (Å²) in [6.07, 6.45) is 3.67. The molecule has 0 saturated carbocycles. The van der Waals surface area contributed by atoms with Crippen LogP contribution in [-0.4, -0.2) is 30.5 Å². The molecular formula is C28H32N4O3S. The monoisotopic (exact) mass is 504 g/mol. The minimum Gasteiger partial charge on any atom is -0.337 e. The summed E-state index contributed by atoms with van der Waals surface area (Å²) in [6, 6.07) is 20.1. The smallest absolute Gasteiger partial charge is 0.328 e. The average Bonchev–Trinajstić information content (AvgIpc) is 3.20. The van der Waals surface area contributed by atoms with Crippen LogP contribution in [0.5, 0.6) is 0 Å². The van der Waals surface area contributed by atoms with Crippen LogP contribution in [0.3, 0.4) is 0 Å². The van der Waals surface area contributed by atoms with E-state index in [-0.39, 0.29) is 4.90 Å². The van der Waals surface area contributed by atoms with Gasteiger partial charge in [-0.1, -0.05) is 49.2 Å². The molecule has 8 heteroatoms. The molecule has 0 spiro atoms. The average molecular weight is 505 g/mol. The lowest BCUT2D eigenvalue weighted by Gasteiger charge is -2.11. The van der Waals surface area contributed by atoms with Crippen LogP contribution in [0.1, 0.15) is 42.3 Å². The lowest BCUT2D eigenvalue weighted by atomic mass is 10.1. The third kappa shape index (κ3) is 5.94. The van der Waals surface area contributed by atoms with Gasteiger partial charge in [-0.15, -0.1) is 0 Å². The molecule has 7 nitrogen and oxygen atoms in total. The summed E-state index contributed by atoms with van der Waals surface area (Å²) in [4.78, 5) is 17.1. The molecule has 0 unspecified atom stereocenters. The minimum absolute atomic E-state index is 0.0549. The molecule has 0 fully saturated rings. The Balaban J connectivity index is 1.40. The quantitative estimate of drug-likeness (QED) is 0.327. The van der Waals surface area contributed by atoms with Crippen molar-refractivity contribution in [1.82, 2.24) is 19.6 Å². The van der Waals surface area contributed by atoms with Crippen molar-refractivity contribution in [2.24, 2.45) is 0 Å². The number of amides is 2. The maximum atomic E-state index is 12.4. The van der Waals surface area contributed by atoms with Crippen LogP contribution in [0.15, 0.2) is 71.6 Å². The van der Waals surface area contributed by atoms with E-state index in [1.807, 2.05) is 19.1 Å². The lowest BCUT2D eigenvalue weighted by molar-refractivity contribution is 0.246. The number of benzene rings is 3. The number of unbranched alkanes of at least 4 members (excludes halogenated alkanes) is 1. The molecule has 3 aromatic carbocycles. The molecule has 0 radical (unpaired) electrons. The number of aromatic nitrogens is 2. The number of sulfonamides is 1. The zero-order valence-electron chi connectivity index (χ0n) is 20.9. The number of carbonyl (C=O) groups is 1. The standard InChI is InChI=1S/C28H32N4O3S/c1-4-5-6-27-30-25-19-21(3)9-16-26(25)32(27)23-12-10-22(11-13-23)17-18-29-28(33)31-36(34,35)24-14-7-20(2)8-15-24/h7-16,19H,4-6,17-18H2,1-3H3,(H2,29,31,33). The highest BCUT2D eigenvalue weighted by Gasteiger charge is 2.17. The van der Waals surface area contributed by atoms with Crippen LogP contribution in [0.2, 0.25) is 0 Å². The SMILES string of the molecule is CCCCc1nc2cc(C)ccc2n1-c1ccc(CCNC(=O)NS(=O)(=O)c2ccc(C)cc2)cc1. The predicted octanol–water partition coefficient (Wildman–Crippen LogP) is 5.22. The molecule has 1 heterocycles. The number of rotatable bonds is 9. The van der Waals surface area contributed by atoms with Crippen LogP contribution in [-0.2, 0) is 22.9 Å². The van der Waals surface area contributed by atoms with E-state index in [1.54, 1.807) is 12.1 Å². The van der Waals surface area contributed by atoms with Crippen LogP contribution in [0, 0.1) is 13.8 Å². The largest absolute Gasteiger partial charge is 0.337 e. The van der Waals surface area contributed by atoms with Crippen LogP contribution in [0.25, 0.3) is 16.7 Å². The van der Waals surface area contributed by atoms with Gasteiger partial charge in [0.2, 0.25) is 0 Å². The maximum absolute atomic E-state index is 12.4. The number of hydrogen-bond donors (Lipinski definition) is 2. The molecule has 4 aromatic rings. The van der Waals surface area contributed by atoms with E-state index in [0.29, 0.717) is 13.0 Å². The summed E-state index contributed by atoms with van der Waals surface area (Å²) in [5, 5.41) is 2.63. The third-order valence-electron chi connectivity index (χ3n) is 6.09. The van der Waals surface area contributed by atoms with Crippen molar-refractivity contribution >= 4 is 27.1 Å². The molecule has 4 rings (SSSR count). The van der Waals surface area contributed by atoms with Crippen molar-refractivity contribution in [3.8, 4) is 5.69 Å². The molecule has 36 heavy (non-hydrogen) atoms. The van der Waals surface area contributed by atoms with Gasteiger partial charge < -0.3 is 5.32 Å². The Morgan fingerprint density at radius 1 is 0.917 bits per heavy atom. The number of aryl methyl sites for hydroxylation is 3. The molecule has 0 aliphatic rings. The molecular weight excluding hydrogens is 472 g/mol. The zero-order chi connectivity index (χ0) is 25.7. The van der Waals surface area contributed by atoms with E-state index in [1.165, 1.54) is 17.7 Å². The van der Waals surface area contributed by atoms with Crippen molar-refractivity contribution in [2.75, 3.05) is 6.54 Å². The Kier molecular flexibility index (Phi) is 7.74. The van der Waals surface area contributed by atoms with Gasteiger partial charge in [-0.2, -0.15) is 0 Å². The van der Waals surface area contributed by atoms with Gasteiger partial charge in [0, 0.05) is 18.7 Å². The molecule has 0 aliphatic carbocycles. The second-order valence-corrected chi connectivity index (χ2v) is 10.7. The molecule has 1 aromatic heterocycles. The van der Waals surface area contributed by atoms with Crippen LogP contribution in [0.4, 0.5) is 4.79 Å². The molecule has 188 valence electrons. The Labute approximate surface area is 212 Å². The van der Waals surface area contributed by atoms with E-state index in [9.17, 15) is 13.2 Å². The minimum atomic E-state index is -3.90. The van der Waals surface area contributed by atoms with Gasteiger partial charge in [0.1, 0.15) is 5.82 Å². The van der Waals surface area contributed by atoms with Crippen molar-refractivity contribution in [3.63, 3.8) is 0 Å². The van der Waals surface area contributed by atoms with Gasteiger partial charge in [-0.3, -0.25) is 4.57 Å². The summed E-state index contributed by atoms with van der Waals surface area (Å²) >= 11 is 0. The number of nitrogens with one attached hydrogen (secondary N) is 2. The van der Waals surface area contributed by atoms with Crippen molar-refractivity contribution in [2.45, 2.75) is 51.3 Å². The van der Waals surface area contributed by atoms with Gasteiger partial charge in [0.15, 0.2) is 0 Å². The van der Waals surface area contributed by atoms with Gasteiger partial charge in [-0.05, 0) is 74.2 Å². The summed E-state index contributed by atoms with van der Waals surface area (Å²) in [6.45, 7) is 6.43. The van der Waals surface area contributed by atoms with Crippen LogP contribution < -0.4 is 10.0 Å². The first-order chi connectivity index (χ1) is 17.3. The number of imidazole rings is 1. The molecule has 2 amide bonds. The summed E-state index contributed by atoms with van der Waals surface area (Å²) in [5.41, 5.74) is 6.31. The Morgan fingerprint density at radius 3 is 2.31 bits per heavy atom. The van der Waals surface area contributed by atoms with Gasteiger partial charge >= 0.3 is 6.03 Å². The predicted molar refractivity (Wildman–Crippen MR) is 143 cm³/mol. The van der Waals surface area contributed by atoms with E-state index in [4.69, 9.17) is 4.98 Å². The lowest BCUT2D eigenvalue weighted by Crippen LogP contribution is -2.40. The molecule has 2 N–H and O–H groups in total. The fraction of sp³-hybridized carbons (Fsp3) is 0.286. The second-order valence-electron chi connectivity index (χ2n) is 9.05. The van der Waals surface area contributed by atoms with Crippen molar-refractivity contribution in [3.05, 3.63) is 89.2 Å². The van der Waals surface area contributed by atoms with E-state index in [2.05, 4.69) is 58.8 Å². The fourth-order valence-electron chi connectivity index (χ4n) is 4.10. The summed E-state index contributed by atoms with van der Waals surface area (Å²) in [7, 11) is -3.90. The third-order valence-corrected chi connectivity index (χ3v) is 7.43. The van der Waals surface area contributed by atoms with Crippen molar-refractivity contribution in [1.29, 1.82) is 0 Å². The molecule has 0 bridgehead atoms. The Hall–Kier alpha value is -3.65. The first kappa shape index (κ1) is 25.4.